The van der Waals surface area contributed by atoms with Crippen molar-refractivity contribution in [3.8, 4) is 0 Å². The van der Waals surface area contributed by atoms with Gasteiger partial charge in [0.25, 0.3) is 5.91 Å². The zero-order valence-corrected chi connectivity index (χ0v) is 11.7. The highest BCUT2D eigenvalue weighted by Crippen LogP contribution is 2.20. The van der Waals surface area contributed by atoms with E-state index in [1.165, 1.54) is 5.56 Å². The summed E-state index contributed by atoms with van der Waals surface area (Å²) >= 11 is 3.51. The number of hydrogen-bond donors (Lipinski definition) is 3. The van der Waals surface area contributed by atoms with E-state index < -0.39 is 0 Å². The SMILES string of the molecule is NNC(=O)c1ccc(CN2CCNCC2)c(Br)c1. The maximum absolute atomic E-state index is 11.4. The summed E-state index contributed by atoms with van der Waals surface area (Å²) in [6.07, 6.45) is 0. The van der Waals surface area contributed by atoms with Gasteiger partial charge in [0.05, 0.1) is 0 Å². The molecule has 1 aromatic rings. The molecule has 1 aromatic carbocycles. The van der Waals surface area contributed by atoms with Crippen LogP contribution >= 0.6 is 15.9 Å². The van der Waals surface area contributed by atoms with Crippen LogP contribution in [0.5, 0.6) is 0 Å². The minimum atomic E-state index is -0.274. The fourth-order valence-corrected chi connectivity index (χ4v) is 2.51. The van der Waals surface area contributed by atoms with Crippen molar-refractivity contribution in [1.29, 1.82) is 0 Å². The van der Waals surface area contributed by atoms with Crippen LogP contribution in [-0.2, 0) is 6.54 Å². The van der Waals surface area contributed by atoms with Crippen molar-refractivity contribution in [2.24, 2.45) is 5.84 Å². The number of nitrogens with one attached hydrogen (secondary N) is 2. The molecule has 4 N–H and O–H groups in total. The second-order valence-electron chi connectivity index (χ2n) is 4.31. The van der Waals surface area contributed by atoms with E-state index in [4.69, 9.17) is 5.84 Å². The molecule has 0 saturated carbocycles. The van der Waals surface area contributed by atoms with E-state index in [0.29, 0.717) is 5.56 Å². The quantitative estimate of drug-likeness (QED) is 0.431. The molecule has 0 spiro atoms. The number of nitrogens with zero attached hydrogens (tertiary/aromatic N) is 1. The summed E-state index contributed by atoms with van der Waals surface area (Å²) in [4.78, 5) is 13.8. The summed E-state index contributed by atoms with van der Waals surface area (Å²) in [6.45, 7) is 5.07. The Bertz CT molecular complexity index is 432. The Balaban J connectivity index is 2.07. The van der Waals surface area contributed by atoms with Crippen LogP contribution < -0.4 is 16.6 Å². The second-order valence-corrected chi connectivity index (χ2v) is 5.16. The molecule has 0 bridgehead atoms. The Morgan fingerprint density at radius 3 is 2.78 bits per heavy atom. The zero-order chi connectivity index (χ0) is 13.0. The first-order valence-corrected chi connectivity index (χ1v) is 6.72. The number of amides is 1. The van der Waals surface area contributed by atoms with Crippen molar-refractivity contribution in [2.45, 2.75) is 6.54 Å². The largest absolute Gasteiger partial charge is 0.314 e. The average Bonchev–Trinajstić information content (AvgIpc) is 2.41. The third-order valence-electron chi connectivity index (χ3n) is 3.05. The second kappa shape index (κ2) is 6.29. The van der Waals surface area contributed by atoms with Gasteiger partial charge in [-0.2, -0.15) is 0 Å². The van der Waals surface area contributed by atoms with E-state index in [1.807, 2.05) is 6.07 Å². The first-order valence-electron chi connectivity index (χ1n) is 5.93. The predicted octanol–water partition coefficient (Wildman–Crippen LogP) is 0.458. The van der Waals surface area contributed by atoms with Gasteiger partial charge in [0, 0.05) is 42.8 Å². The van der Waals surface area contributed by atoms with E-state index >= 15 is 0 Å². The molecule has 6 heteroatoms. The number of nitrogen functional groups attached to an aromatic ring is 1. The molecule has 1 saturated heterocycles. The van der Waals surface area contributed by atoms with E-state index in [2.05, 4.69) is 31.6 Å². The van der Waals surface area contributed by atoms with Crippen molar-refractivity contribution in [2.75, 3.05) is 26.2 Å². The van der Waals surface area contributed by atoms with Crippen molar-refractivity contribution in [3.63, 3.8) is 0 Å². The molecule has 2 rings (SSSR count). The topological polar surface area (TPSA) is 70.4 Å². The highest BCUT2D eigenvalue weighted by Gasteiger charge is 2.13. The summed E-state index contributed by atoms with van der Waals surface area (Å²) in [5, 5.41) is 3.33. The van der Waals surface area contributed by atoms with Gasteiger partial charge in [-0.25, -0.2) is 5.84 Å². The summed E-state index contributed by atoms with van der Waals surface area (Å²) in [5.74, 6) is 4.84. The summed E-state index contributed by atoms with van der Waals surface area (Å²) in [7, 11) is 0. The van der Waals surface area contributed by atoms with Gasteiger partial charge in [-0.1, -0.05) is 22.0 Å². The van der Waals surface area contributed by atoms with Gasteiger partial charge >= 0.3 is 0 Å². The van der Waals surface area contributed by atoms with E-state index in [1.54, 1.807) is 12.1 Å². The van der Waals surface area contributed by atoms with Gasteiger partial charge in [-0.15, -0.1) is 0 Å². The highest BCUT2D eigenvalue weighted by molar-refractivity contribution is 9.10. The molecule has 1 aliphatic heterocycles. The lowest BCUT2D eigenvalue weighted by molar-refractivity contribution is 0.0953. The Morgan fingerprint density at radius 2 is 2.17 bits per heavy atom. The van der Waals surface area contributed by atoms with Gasteiger partial charge in [-0.3, -0.25) is 15.1 Å². The van der Waals surface area contributed by atoms with Gasteiger partial charge in [-0.05, 0) is 17.7 Å². The number of benzene rings is 1. The molecule has 98 valence electrons. The van der Waals surface area contributed by atoms with Gasteiger partial charge in [0.15, 0.2) is 0 Å². The first kappa shape index (κ1) is 13.5. The van der Waals surface area contributed by atoms with Crippen molar-refractivity contribution < 1.29 is 4.79 Å². The number of hydrogen-bond acceptors (Lipinski definition) is 4. The standard InChI is InChI=1S/C12H17BrN4O/c13-11-7-9(12(18)16-14)1-2-10(11)8-17-5-3-15-4-6-17/h1-2,7,15H,3-6,8,14H2,(H,16,18). The molecular formula is C12H17BrN4O. The molecule has 1 heterocycles. The Labute approximate surface area is 115 Å². The van der Waals surface area contributed by atoms with E-state index in [-0.39, 0.29) is 5.91 Å². The fraction of sp³-hybridized carbons (Fsp3) is 0.417. The number of carbonyl (C=O) groups excluding carboxylic acids is 1. The van der Waals surface area contributed by atoms with Gasteiger partial charge in [0.1, 0.15) is 0 Å². The smallest absolute Gasteiger partial charge is 0.265 e. The number of rotatable bonds is 3. The molecular weight excluding hydrogens is 296 g/mol. The van der Waals surface area contributed by atoms with Crippen LogP contribution in [0.1, 0.15) is 15.9 Å². The minimum Gasteiger partial charge on any atom is -0.314 e. The molecule has 5 nitrogen and oxygen atoms in total. The third kappa shape index (κ3) is 3.29. The predicted molar refractivity (Wildman–Crippen MR) is 73.9 cm³/mol. The number of nitrogens with two attached hydrogens (primary N) is 1. The fourth-order valence-electron chi connectivity index (χ4n) is 2.01. The lowest BCUT2D eigenvalue weighted by Crippen LogP contribution is -2.42. The summed E-state index contributed by atoms with van der Waals surface area (Å²) in [5.41, 5.74) is 3.88. The number of carbonyl (C=O) groups is 1. The highest BCUT2D eigenvalue weighted by atomic mass is 79.9. The van der Waals surface area contributed by atoms with Crippen LogP contribution in [0.4, 0.5) is 0 Å². The van der Waals surface area contributed by atoms with Gasteiger partial charge in [0.2, 0.25) is 0 Å². The van der Waals surface area contributed by atoms with Crippen LogP contribution in [0, 0.1) is 0 Å². The van der Waals surface area contributed by atoms with Crippen LogP contribution in [0.3, 0.4) is 0 Å². The first-order chi connectivity index (χ1) is 8.70. The molecule has 0 radical (unpaired) electrons. The van der Waals surface area contributed by atoms with Crippen LogP contribution in [0.2, 0.25) is 0 Å². The van der Waals surface area contributed by atoms with Crippen LogP contribution in [-0.4, -0.2) is 37.0 Å². The molecule has 1 fully saturated rings. The summed E-state index contributed by atoms with van der Waals surface area (Å²) < 4.78 is 0.946. The molecule has 18 heavy (non-hydrogen) atoms. The van der Waals surface area contributed by atoms with Crippen LogP contribution in [0.25, 0.3) is 0 Å². The van der Waals surface area contributed by atoms with Crippen LogP contribution in [0.15, 0.2) is 22.7 Å². The third-order valence-corrected chi connectivity index (χ3v) is 3.79. The minimum absolute atomic E-state index is 0.274. The molecule has 0 aliphatic carbocycles. The monoisotopic (exact) mass is 312 g/mol. The number of piperazine rings is 1. The Hall–Kier alpha value is -0.950. The number of halogens is 1. The average molecular weight is 313 g/mol. The molecule has 0 atom stereocenters. The lowest BCUT2D eigenvalue weighted by atomic mass is 10.1. The normalized spacial score (nSPS) is 16.6. The molecule has 0 unspecified atom stereocenters. The summed E-state index contributed by atoms with van der Waals surface area (Å²) in [6, 6.07) is 5.57. The maximum atomic E-state index is 11.4. The number of hydrazine groups is 1. The Morgan fingerprint density at radius 1 is 1.44 bits per heavy atom. The van der Waals surface area contributed by atoms with Crippen molar-refractivity contribution in [3.05, 3.63) is 33.8 Å². The van der Waals surface area contributed by atoms with E-state index in [9.17, 15) is 4.79 Å². The molecule has 1 aliphatic rings. The maximum Gasteiger partial charge on any atom is 0.265 e. The van der Waals surface area contributed by atoms with Gasteiger partial charge < -0.3 is 5.32 Å². The Kier molecular flexibility index (Phi) is 4.71. The van der Waals surface area contributed by atoms with Crippen molar-refractivity contribution in [1.82, 2.24) is 15.6 Å². The van der Waals surface area contributed by atoms with E-state index in [0.717, 1.165) is 37.2 Å². The van der Waals surface area contributed by atoms with Crippen molar-refractivity contribution >= 4 is 21.8 Å². The lowest BCUT2D eigenvalue weighted by Gasteiger charge is -2.27. The molecule has 1 amide bonds. The zero-order valence-electron chi connectivity index (χ0n) is 10.1. The molecule has 0 aromatic heterocycles.